The number of allylic oxidation sites excluding steroid dienone is 1. The highest BCUT2D eigenvalue weighted by molar-refractivity contribution is 5.90. The quantitative estimate of drug-likeness (QED) is 0.631. The topological polar surface area (TPSA) is 42.2 Å². The summed E-state index contributed by atoms with van der Waals surface area (Å²) >= 11 is 0. The third kappa shape index (κ3) is 3.40. The van der Waals surface area contributed by atoms with Gasteiger partial charge in [-0.2, -0.15) is 5.26 Å². The summed E-state index contributed by atoms with van der Waals surface area (Å²) in [4.78, 5) is 0. The third-order valence-corrected chi connectivity index (χ3v) is 3.02. The van der Waals surface area contributed by atoms with Crippen LogP contribution in [0.25, 0.3) is 11.6 Å². The molecule has 106 valence electrons. The van der Waals surface area contributed by atoms with E-state index in [4.69, 9.17) is 9.47 Å². The van der Waals surface area contributed by atoms with Gasteiger partial charge in [0.25, 0.3) is 0 Å². The molecule has 0 N–H and O–H groups in total. The molecule has 0 spiro atoms. The average molecular weight is 283 g/mol. The fraction of sp³-hybridized carbons (Fsp3) is 0.118. The lowest BCUT2D eigenvalue weighted by Gasteiger charge is -2.08. The van der Waals surface area contributed by atoms with Crippen molar-refractivity contribution < 1.29 is 13.9 Å². The maximum absolute atomic E-state index is 12.9. The zero-order valence-corrected chi connectivity index (χ0v) is 11.8. The minimum atomic E-state index is -0.335. The smallest absolute Gasteiger partial charge is 0.129 e. The van der Waals surface area contributed by atoms with Gasteiger partial charge < -0.3 is 9.47 Å². The zero-order valence-electron chi connectivity index (χ0n) is 11.8. The summed E-state index contributed by atoms with van der Waals surface area (Å²) in [6, 6.07) is 13.2. The van der Waals surface area contributed by atoms with Crippen LogP contribution in [0.2, 0.25) is 0 Å². The van der Waals surface area contributed by atoms with Crippen molar-refractivity contribution in [3.63, 3.8) is 0 Å². The molecule has 0 aliphatic heterocycles. The molecule has 3 nitrogen and oxygen atoms in total. The number of rotatable bonds is 4. The van der Waals surface area contributed by atoms with E-state index in [-0.39, 0.29) is 5.82 Å². The van der Waals surface area contributed by atoms with Crippen molar-refractivity contribution in [3.8, 4) is 17.6 Å². The maximum atomic E-state index is 12.9. The van der Waals surface area contributed by atoms with Crippen molar-refractivity contribution in [3.05, 3.63) is 59.4 Å². The Labute approximate surface area is 122 Å². The largest absolute Gasteiger partial charge is 0.497 e. The van der Waals surface area contributed by atoms with Crippen LogP contribution in [0.1, 0.15) is 11.1 Å². The summed E-state index contributed by atoms with van der Waals surface area (Å²) in [5.41, 5.74) is 1.83. The Morgan fingerprint density at radius 2 is 1.81 bits per heavy atom. The molecule has 0 aliphatic rings. The molecule has 0 heterocycles. The van der Waals surface area contributed by atoms with E-state index < -0.39 is 0 Å². The van der Waals surface area contributed by atoms with Crippen molar-refractivity contribution in [2.24, 2.45) is 0 Å². The standard InChI is InChI=1S/C17H14FNO2/c1-20-16-8-5-13(17(10-16)21-2)9-14(11-19)12-3-6-15(18)7-4-12/h3-10H,1-2H3. The number of benzene rings is 2. The lowest BCUT2D eigenvalue weighted by molar-refractivity contribution is 0.394. The number of methoxy groups -OCH3 is 2. The molecule has 0 amide bonds. The van der Waals surface area contributed by atoms with Gasteiger partial charge >= 0.3 is 0 Å². The minimum absolute atomic E-state index is 0.335. The molecule has 0 fully saturated rings. The molecule has 0 aromatic heterocycles. The van der Waals surface area contributed by atoms with E-state index >= 15 is 0 Å². The molecule has 0 unspecified atom stereocenters. The van der Waals surface area contributed by atoms with Gasteiger partial charge in [-0.25, -0.2) is 4.39 Å². The van der Waals surface area contributed by atoms with Crippen LogP contribution in [0, 0.1) is 17.1 Å². The second-order valence-electron chi connectivity index (χ2n) is 4.28. The zero-order chi connectivity index (χ0) is 15.2. The van der Waals surface area contributed by atoms with Crippen LogP contribution >= 0.6 is 0 Å². The Balaban J connectivity index is 2.45. The fourth-order valence-corrected chi connectivity index (χ4v) is 1.90. The normalized spacial score (nSPS) is 10.9. The van der Waals surface area contributed by atoms with E-state index in [2.05, 4.69) is 6.07 Å². The average Bonchev–Trinajstić information content (AvgIpc) is 2.53. The number of hydrogen-bond donors (Lipinski definition) is 0. The first-order valence-electron chi connectivity index (χ1n) is 6.27. The van der Waals surface area contributed by atoms with Crippen LogP contribution in [0.3, 0.4) is 0 Å². The van der Waals surface area contributed by atoms with Crippen LogP contribution in [-0.2, 0) is 0 Å². The van der Waals surface area contributed by atoms with E-state index in [1.165, 1.54) is 12.1 Å². The highest BCUT2D eigenvalue weighted by atomic mass is 19.1. The summed E-state index contributed by atoms with van der Waals surface area (Å²) in [7, 11) is 3.12. The van der Waals surface area contributed by atoms with Gasteiger partial charge in [-0.1, -0.05) is 12.1 Å². The van der Waals surface area contributed by atoms with Gasteiger partial charge in [0, 0.05) is 11.6 Å². The van der Waals surface area contributed by atoms with Crippen molar-refractivity contribution in [1.82, 2.24) is 0 Å². The predicted molar refractivity (Wildman–Crippen MR) is 79.4 cm³/mol. The number of ether oxygens (including phenoxy) is 2. The highest BCUT2D eigenvalue weighted by Gasteiger charge is 2.06. The van der Waals surface area contributed by atoms with Gasteiger partial charge in [0.15, 0.2) is 0 Å². The number of halogens is 1. The molecule has 2 aromatic carbocycles. The molecule has 0 aliphatic carbocycles. The Morgan fingerprint density at radius 1 is 1.10 bits per heavy atom. The van der Waals surface area contributed by atoms with E-state index in [1.807, 2.05) is 0 Å². The summed E-state index contributed by atoms with van der Waals surface area (Å²) in [6.45, 7) is 0. The van der Waals surface area contributed by atoms with Crippen molar-refractivity contribution in [2.75, 3.05) is 14.2 Å². The molecule has 0 saturated heterocycles. The molecule has 2 rings (SSSR count). The van der Waals surface area contributed by atoms with Gasteiger partial charge in [-0.3, -0.25) is 0 Å². The molecular formula is C17H14FNO2. The monoisotopic (exact) mass is 283 g/mol. The third-order valence-electron chi connectivity index (χ3n) is 3.02. The SMILES string of the molecule is COc1ccc(C=C(C#N)c2ccc(F)cc2)c(OC)c1. The Hall–Kier alpha value is -2.80. The highest BCUT2D eigenvalue weighted by Crippen LogP contribution is 2.28. The van der Waals surface area contributed by atoms with Gasteiger partial charge in [-0.05, 0) is 35.9 Å². The van der Waals surface area contributed by atoms with Crippen LogP contribution in [0.15, 0.2) is 42.5 Å². The summed E-state index contributed by atoms with van der Waals surface area (Å²) < 4.78 is 23.4. The summed E-state index contributed by atoms with van der Waals surface area (Å²) in [5, 5.41) is 9.30. The number of hydrogen-bond acceptors (Lipinski definition) is 3. The van der Waals surface area contributed by atoms with Crippen LogP contribution < -0.4 is 9.47 Å². The van der Waals surface area contributed by atoms with Crippen molar-refractivity contribution >= 4 is 11.6 Å². The molecular weight excluding hydrogens is 269 g/mol. The summed E-state index contributed by atoms with van der Waals surface area (Å²) in [6.07, 6.45) is 1.70. The molecule has 0 radical (unpaired) electrons. The van der Waals surface area contributed by atoms with Crippen LogP contribution in [0.4, 0.5) is 4.39 Å². The maximum Gasteiger partial charge on any atom is 0.129 e. The van der Waals surface area contributed by atoms with E-state index in [0.29, 0.717) is 22.6 Å². The fourth-order valence-electron chi connectivity index (χ4n) is 1.90. The second-order valence-corrected chi connectivity index (χ2v) is 4.28. The predicted octanol–water partition coefficient (Wildman–Crippen LogP) is 3.91. The first-order chi connectivity index (χ1) is 10.2. The molecule has 0 atom stereocenters. The molecule has 4 heteroatoms. The minimum Gasteiger partial charge on any atom is -0.497 e. The summed E-state index contributed by atoms with van der Waals surface area (Å²) in [5.74, 6) is 0.937. The van der Waals surface area contributed by atoms with Gasteiger partial charge in [0.1, 0.15) is 17.3 Å². The lowest BCUT2D eigenvalue weighted by atomic mass is 10.0. The molecule has 2 aromatic rings. The first kappa shape index (κ1) is 14.6. The Morgan fingerprint density at radius 3 is 2.38 bits per heavy atom. The van der Waals surface area contributed by atoms with E-state index in [0.717, 1.165) is 5.56 Å². The lowest BCUT2D eigenvalue weighted by Crippen LogP contribution is -1.90. The molecule has 21 heavy (non-hydrogen) atoms. The van der Waals surface area contributed by atoms with Crippen molar-refractivity contribution in [1.29, 1.82) is 5.26 Å². The van der Waals surface area contributed by atoms with Crippen LogP contribution in [0.5, 0.6) is 11.5 Å². The van der Waals surface area contributed by atoms with Gasteiger partial charge in [0.2, 0.25) is 0 Å². The number of nitriles is 1. The van der Waals surface area contributed by atoms with Crippen LogP contribution in [-0.4, -0.2) is 14.2 Å². The van der Waals surface area contributed by atoms with E-state index in [9.17, 15) is 9.65 Å². The van der Waals surface area contributed by atoms with Crippen molar-refractivity contribution in [2.45, 2.75) is 0 Å². The Bertz CT molecular complexity index is 700. The Kier molecular flexibility index (Phi) is 4.57. The second kappa shape index (κ2) is 6.58. The molecule has 0 saturated carbocycles. The first-order valence-corrected chi connectivity index (χ1v) is 6.27. The number of nitrogens with zero attached hydrogens (tertiary/aromatic N) is 1. The van der Waals surface area contributed by atoms with E-state index in [1.54, 1.807) is 50.6 Å². The van der Waals surface area contributed by atoms with Gasteiger partial charge in [0.05, 0.1) is 25.9 Å². The molecule has 0 bridgehead atoms. The van der Waals surface area contributed by atoms with Gasteiger partial charge in [-0.15, -0.1) is 0 Å².